The van der Waals surface area contributed by atoms with Crippen molar-refractivity contribution in [3.05, 3.63) is 35.9 Å². The maximum Gasteiger partial charge on any atom is 0.323 e. The molecular weight excluding hydrogens is 298 g/mol. The molecule has 22 heavy (non-hydrogen) atoms. The van der Waals surface area contributed by atoms with E-state index in [1.54, 1.807) is 4.90 Å². The number of aliphatic carboxylic acids is 1. The number of rotatable bonds is 6. The molecule has 1 saturated carbocycles. The van der Waals surface area contributed by atoms with Crippen LogP contribution >= 0.6 is 12.6 Å². The summed E-state index contributed by atoms with van der Waals surface area (Å²) in [4.78, 5) is 24.7. The van der Waals surface area contributed by atoms with Crippen LogP contribution in [0.1, 0.15) is 43.6 Å². The van der Waals surface area contributed by atoms with Gasteiger partial charge in [-0.25, -0.2) is 0 Å². The van der Waals surface area contributed by atoms with Gasteiger partial charge >= 0.3 is 5.97 Å². The SMILES string of the molecule is O=C(O)CN(C(=O)CCS)C1CCC(c2ccccc2)CC1. The van der Waals surface area contributed by atoms with Gasteiger partial charge in [-0.1, -0.05) is 30.3 Å². The highest BCUT2D eigenvalue weighted by atomic mass is 32.1. The molecule has 1 aliphatic rings. The summed E-state index contributed by atoms with van der Waals surface area (Å²) in [6.07, 6.45) is 4.03. The maximum absolute atomic E-state index is 12.1. The molecule has 1 amide bonds. The lowest BCUT2D eigenvalue weighted by atomic mass is 9.81. The molecule has 1 N–H and O–H groups in total. The third kappa shape index (κ3) is 4.50. The van der Waals surface area contributed by atoms with Gasteiger partial charge < -0.3 is 10.0 Å². The molecule has 1 aliphatic carbocycles. The average molecular weight is 321 g/mol. The summed E-state index contributed by atoms with van der Waals surface area (Å²) < 4.78 is 0. The van der Waals surface area contributed by atoms with Crippen LogP contribution in [0.15, 0.2) is 30.3 Å². The quantitative estimate of drug-likeness (QED) is 0.792. The Morgan fingerprint density at radius 3 is 2.32 bits per heavy atom. The molecule has 0 radical (unpaired) electrons. The number of carboxylic acids is 1. The average Bonchev–Trinajstić information content (AvgIpc) is 2.54. The summed E-state index contributed by atoms with van der Waals surface area (Å²) in [6.45, 7) is -0.201. The van der Waals surface area contributed by atoms with Crippen LogP contribution in [-0.2, 0) is 9.59 Å². The van der Waals surface area contributed by atoms with Gasteiger partial charge in [0.1, 0.15) is 6.54 Å². The van der Waals surface area contributed by atoms with Gasteiger partial charge in [-0.2, -0.15) is 12.6 Å². The fraction of sp³-hybridized carbons (Fsp3) is 0.529. The lowest BCUT2D eigenvalue weighted by Gasteiger charge is -2.36. The first kappa shape index (κ1) is 16.9. The Hall–Kier alpha value is -1.49. The van der Waals surface area contributed by atoms with Crippen molar-refractivity contribution in [1.82, 2.24) is 4.90 Å². The second-order valence-electron chi connectivity index (χ2n) is 5.81. The fourth-order valence-corrected chi connectivity index (χ4v) is 3.44. The molecule has 0 aliphatic heterocycles. The predicted octanol–water partition coefficient (Wildman–Crippen LogP) is 2.95. The van der Waals surface area contributed by atoms with Crippen molar-refractivity contribution in [1.29, 1.82) is 0 Å². The molecule has 0 bridgehead atoms. The normalized spacial score (nSPS) is 21.3. The zero-order chi connectivity index (χ0) is 15.9. The molecule has 1 aromatic carbocycles. The van der Waals surface area contributed by atoms with Crippen molar-refractivity contribution >= 4 is 24.5 Å². The van der Waals surface area contributed by atoms with Gasteiger partial charge in [0.2, 0.25) is 5.91 Å². The van der Waals surface area contributed by atoms with Gasteiger partial charge in [0.05, 0.1) is 0 Å². The number of carbonyl (C=O) groups excluding carboxylic acids is 1. The second-order valence-corrected chi connectivity index (χ2v) is 6.25. The van der Waals surface area contributed by atoms with E-state index < -0.39 is 5.97 Å². The molecule has 1 fully saturated rings. The summed E-state index contributed by atoms with van der Waals surface area (Å²) in [7, 11) is 0. The van der Waals surface area contributed by atoms with Gasteiger partial charge in [0, 0.05) is 12.5 Å². The first-order chi connectivity index (χ1) is 10.6. The zero-order valence-corrected chi connectivity index (χ0v) is 13.5. The van der Waals surface area contributed by atoms with Crippen molar-refractivity contribution in [2.45, 2.75) is 44.1 Å². The lowest BCUT2D eigenvalue weighted by molar-refractivity contribution is -0.146. The van der Waals surface area contributed by atoms with Crippen LogP contribution in [0.2, 0.25) is 0 Å². The van der Waals surface area contributed by atoms with E-state index in [2.05, 4.69) is 24.8 Å². The highest BCUT2D eigenvalue weighted by Crippen LogP contribution is 2.34. The number of benzene rings is 1. The summed E-state index contributed by atoms with van der Waals surface area (Å²) in [5.41, 5.74) is 1.34. The minimum atomic E-state index is -0.947. The van der Waals surface area contributed by atoms with Crippen molar-refractivity contribution in [3.8, 4) is 0 Å². The number of amides is 1. The summed E-state index contributed by atoms with van der Waals surface area (Å²) in [5, 5.41) is 9.05. The van der Waals surface area contributed by atoms with E-state index in [1.807, 2.05) is 18.2 Å². The van der Waals surface area contributed by atoms with E-state index >= 15 is 0 Å². The molecule has 0 heterocycles. The van der Waals surface area contributed by atoms with Gasteiger partial charge in [-0.15, -0.1) is 0 Å². The van der Waals surface area contributed by atoms with Crippen molar-refractivity contribution in [2.24, 2.45) is 0 Å². The third-order valence-corrected chi connectivity index (χ3v) is 4.58. The second kappa shape index (κ2) is 8.22. The first-order valence-corrected chi connectivity index (χ1v) is 8.42. The highest BCUT2D eigenvalue weighted by molar-refractivity contribution is 7.80. The molecule has 0 spiro atoms. The predicted molar refractivity (Wildman–Crippen MR) is 89.3 cm³/mol. The molecule has 0 unspecified atom stereocenters. The Kier molecular flexibility index (Phi) is 6.31. The highest BCUT2D eigenvalue weighted by Gasteiger charge is 2.30. The number of hydrogen-bond donors (Lipinski definition) is 2. The molecule has 4 nitrogen and oxygen atoms in total. The van der Waals surface area contributed by atoms with Gasteiger partial charge in [-0.05, 0) is 42.9 Å². The summed E-state index contributed by atoms with van der Waals surface area (Å²) in [6, 6.07) is 10.4. The lowest BCUT2D eigenvalue weighted by Crippen LogP contribution is -2.45. The molecule has 120 valence electrons. The fourth-order valence-electron chi connectivity index (χ4n) is 3.25. The number of nitrogens with zero attached hydrogens (tertiary/aromatic N) is 1. The van der Waals surface area contributed by atoms with Crippen molar-refractivity contribution < 1.29 is 14.7 Å². The van der Waals surface area contributed by atoms with E-state index in [0.29, 0.717) is 18.1 Å². The Morgan fingerprint density at radius 1 is 1.14 bits per heavy atom. The standard InChI is InChI=1S/C17H23NO3S/c19-16(10-11-22)18(12-17(20)21)15-8-6-14(7-9-15)13-4-2-1-3-5-13/h1-5,14-15,22H,6-12H2,(H,20,21). The monoisotopic (exact) mass is 321 g/mol. The number of thiol groups is 1. The van der Waals surface area contributed by atoms with Gasteiger partial charge in [0.15, 0.2) is 0 Å². The zero-order valence-electron chi connectivity index (χ0n) is 12.6. The van der Waals surface area contributed by atoms with Crippen LogP contribution in [0.4, 0.5) is 0 Å². The van der Waals surface area contributed by atoms with E-state index in [9.17, 15) is 9.59 Å². The van der Waals surface area contributed by atoms with Gasteiger partial charge in [-0.3, -0.25) is 9.59 Å². The van der Waals surface area contributed by atoms with Gasteiger partial charge in [0.25, 0.3) is 0 Å². The van der Waals surface area contributed by atoms with E-state index in [4.69, 9.17) is 5.11 Å². The molecule has 0 atom stereocenters. The van der Waals surface area contributed by atoms with Crippen molar-refractivity contribution in [3.63, 3.8) is 0 Å². The molecule has 5 heteroatoms. The topological polar surface area (TPSA) is 57.6 Å². The summed E-state index contributed by atoms with van der Waals surface area (Å²) in [5.74, 6) is -0.0729. The molecule has 0 saturated heterocycles. The first-order valence-electron chi connectivity index (χ1n) is 7.79. The van der Waals surface area contributed by atoms with Crippen LogP contribution < -0.4 is 0 Å². The minimum Gasteiger partial charge on any atom is -0.480 e. The van der Waals surface area contributed by atoms with Crippen LogP contribution in [0, 0.1) is 0 Å². The van der Waals surface area contributed by atoms with Crippen molar-refractivity contribution in [2.75, 3.05) is 12.3 Å². The summed E-state index contributed by atoms with van der Waals surface area (Å²) >= 11 is 4.08. The van der Waals surface area contributed by atoms with E-state index in [1.165, 1.54) is 5.56 Å². The Bertz CT molecular complexity index is 498. The smallest absolute Gasteiger partial charge is 0.323 e. The van der Waals surface area contributed by atoms with Crippen LogP contribution in [0.5, 0.6) is 0 Å². The third-order valence-electron chi connectivity index (χ3n) is 4.36. The molecular formula is C17H23NO3S. The number of carbonyl (C=O) groups is 2. The largest absolute Gasteiger partial charge is 0.480 e. The van der Waals surface area contributed by atoms with E-state index in [-0.39, 0.29) is 18.5 Å². The molecule has 1 aromatic rings. The van der Waals surface area contributed by atoms with E-state index in [0.717, 1.165) is 25.7 Å². The molecule has 0 aromatic heterocycles. The minimum absolute atomic E-state index is 0.0449. The number of hydrogen-bond acceptors (Lipinski definition) is 3. The van der Waals surface area contributed by atoms with Crippen LogP contribution in [0.3, 0.4) is 0 Å². The number of carboxylic acid groups (broad SMARTS) is 1. The maximum atomic E-state index is 12.1. The Labute approximate surface area is 136 Å². The molecule has 2 rings (SSSR count). The van der Waals surface area contributed by atoms with Crippen LogP contribution in [0.25, 0.3) is 0 Å². The Balaban J connectivity index is 1.97. The van der Waals surface area contributed by atoms with Crippen LogP contribution in [-0.4, -0.2) is 40.2 Å². The Morgan fingerprint density at radius 2 is 1.77 bits per heavy atom.